The Kier molecular flexibility index (Phi) is 8.00. The third-order valence-electron chi connectivity index (χ3n) is 5.88. The first-order valence-corrected chi connectivity index (χ1v) is 17.5. The molecule has 0 aromatic heterocycles. The van der Waals surface area contributed by atoms with Gasteiger partial charge in [0.25, 0.3) is 0 Å². The molecule has 0 heterocycles. The van der Waals surface area contributed by atoms with Crippen LogP contribution in [0, 0.1) is 0 Å². The number of hydrogen-bond acceptors (Lipinski definition) is 1. The molecule has 0 saturated heterocycles. The third kappa shape index (κ3) is 5.10. The van der Waals surface area contributed by atoms with Gasteiger partial charge in [0.2, 0.25) is 0 Å². The van der Waals surface area contributed by atoms with Crippen LogP contribution >= 0.6 is 0 Å². The molecule has 0 unspecified atom stereocenters. The second kappa shape index (κ2) is 8.47. The maximum atomic E-state index is 7.22. The molecule has 1 aromatic rings. The Morgan fingerprint density at radius 3 is 1.50 bits per heavy atom. The van der Waals surface area contributed by atoms with E-state index in [0.29, 0.717) is 40.4 Å². The first kappa shape index (κ1) is 24.5. The molecular weight excluding hydrogens is 565 g/mol. The van der Waals surface area contributed by atoms with Crippen molar-refractivity contribution in [3.8, 4) is 5.75 Å². The average Bonchev–Trinajstić information content (AvgIpc) is 2.42. The van der Waals surface area contributed by atoms with E-state index < -0.39 is 13.6 Å². The molecule has 0 atom stereocenters. The van der Waals surface area contributed by atoms with Gasteiger partial charge in [-0.3, -0.25) is 0 Å². The van der Waals surface area contributed by atoms with Crippen molar-refractivity contribution in [3.63, 3.8) is 0 Å². The molecule has 0 aliphatic carbocycles. The molecule has 145 valence electrons. The van der Waals surface area contributed by atoms with E-state index in [4.69, 9.17) is 3.76 Å². The van der Waals surface area contributed by atoms with Gasteiger partial charge in [-0.25, -0.2) is 0 Å². The average molecular weight is 607 g/mol. The van der Waals surface area contributed by atoms with Crippen LogP contribution in [-0.2, 0) is 37.0 Å². The monoisotopic (exact) mass is 609 g/mol. The van der Waals surface area contributed by atoms with Gasteiger partial charge in [0, 0.05) is 0 Å². The van der Waals surface area contributed by atoms with Crippen LogP contribution in [0.15, 0.2) is 12.1 Å². The van der Waals surface area contributed by atoms with E-state index in [1.54, 1.807) is 0 Å². The Morgan fingerprint density at radius 1 is 0.769 bits per heavy atom. The molecule has 0 saturated carbocycles. The van der Waals surface area contributed by atoms with Gasteiger partial charge in [0.1, 0.15) is 0 Å². The van der Waals surface area contributed by atoms with Crippen LogP contribution in [0.3, 0.4) is 0 Å². The molecule has 0 bridgehead atoms. The Bertz CT molecular complexity index is 597. The first-order valence-electron chi connectivity index (χ1n) is 10.2. The molecule has 0 fully saturated rings. The van der Waals surface area contributed by atoms with Crippen LogP contribution in [0.2, 0.25) is 14.3 Å². The van der Waals surface area contributed by atoms with Gasteiger partial charge in [0.15, 0.2) is 0 Å². The van der Waals surface area contributed by atoms with E-state index in [9.17, 15) is 0 Å². The van der Waals surface area contributed by atoms with Crippen molar-refractivity contribution < 1.29 is 29.9 Å². The summed E-state index contributed by atoms with van der Waals surface area (Å²) in [5, 5.41) is 0. The number of hydrogen-bond donors (Lipinski definition) is 0. The second-order valence-electron chi connectivity index (χ2n) is 10.9. The van der Waals surface area contributed by atoms with Crippen LogP contribution in [-0.4, -0.2) is 13.6 Å². The van der Waals surface area contributed by atoms with Gasteiger partial charge < -0.3 is 0 Å². The summed E-state index contributed by atoms with van der Waals surface area (Å²) >= 11 is -2.02. The van der Waals surface area contributed by atoms with Gasteiger partial charge in [0.05, 0.1) is 0 Å². The molecule has 1 aromatic carbocycles. The third-order valence-corrected chi connectivity index (χ3v) is 21.3. The zero-order valence-corrected chi connectivity index (χ0v) is 27.1. The summed E-state index contributed by atoms with van der Waals surface area (Å²) in [5.41, 5.74) is 3.23. The van der Waals surface area contributed by atoms with Crippen LogP contribution in [0.4, 0.5) is 0 Å². The van der Waals surface area contributed by atoms with Gasteiger partial charge >= 0.3 is 184 Å². The molecule has 0 radical (unpaired) electrons. The van der Waals surface area contributed by atoms with Crippen LogP contribution in [0.1, 0.15) is 94.2 Å². The fourth-order valence-corrected chi connectivity index (χ4v) is 19.8. The van der Waals surface area contributed by atoms with E-state index in [1.807, 2.05) is 0 Å². The molecule has 0 aliphatic rings. The van der Waals surface area contributed by atoms with E-state index in [-0.39, 0.29) is 10.8 Å². The van der Waals surface area contributed by atoms with Crippen LogP contribution in [0.25, 0.3) is 0 Å². The number of rotatable bonds is 5. The standard InChI is InChI=1S/C23H41GeO.Hg/c1-16(2)24(17(3)4,18(5)6)25-21-14-19(22(7,8)9)13-20(15-21)23(10,11)12;/h13-14,16-18H,1-12H3;. The van der Waals surface area contributed by atoms with Crippen molar-refractivity contribution in [1.82, 2.24) is 0 Å². The SMILES string of the molecule is C[CH](C)[Ge]([O]c1cc(C(C)(C)C)cc(C(C)(C)C)[c]1[Hg])([CH](C)C)[CH](C)C. The minimum absolute atomic E-state index is 0.142. The fourth-order valence-electron chi connectivity index (χ4n) is 4.38. The Balaban J connectivity index is 3.70. The quantitative estimate of drug-likeness (QED) is 0.328. The predicted octanol–water partition coefficient (Wildman–Crippen LogP) is 7.01. The van der Waals surface area contributed by atoms with Crippen molar-refractivity contribution in [3.05, 3.63) is 23.3 Å². The van der Waals surface area contributed by atoms with Gasteiger partial charge in [-0.05, 0) is 0 Å². The summed E-state index contributed by atoms with van der Waals surface area (Å²) in [7, 11) is 0. The van der Waals surface area contributed by atoms with Crippen molar-refractivity contribution >= 4 is 16.7 Å². The van der Waals surface area contributed by atoms with E-state index >= 15 is 0 Å². The first-order chi connectivity index (χ1) is 11.5. The summed E-state index contributed by atoms with van der Waals surface area (Å²) < 4.78 is 10.7. The second-order valence-corrected chi connectivity index (χ2v) is 24.9. The van der Waals surface area contributed by atoms with Crippen molar-refractivity contribution in [2.75, 3.05) is 0 Å². The summed E-state index contributed by atoms with van der Waals surface area (Å²) in [6.45, 7) is 28.4. The van der Waals surface area contributed by atoms with E-state index in [2.05, 4.69) is 95.2 Å². The zero-order chi connectivity index (χ0) is 20.7. The van der Waals surface area contributed by atoms with E-state index in [0.717, 1.165) is 0 Å². The zero-order valence-electron chi connectivity index (χ0n) is 19.5. The fraction of sp³-hybridized carbons (Fsp3) is 0.739. The van der Waals surface area contributed by atoms with E-state index in [1.165, 1.54) is 19.9 Å². The summed E-state index contributed by atoms with van der Waals surface area (Å²) in [5.74, 6) is 1.24. The molecule has 1 rings (SSSR count). The van der Waals surface area contributed by atoms with Crippen LogP contribution < -0.4 is 6.84 Å². The Morgan fingerprint density at radius 2 is 1.19 bits per heavy atom. The molecule has 0 N–H and O–H groups in total. The molecular formula is C23H41GeHgO. The molecule has 3 heteroatoms. The van der Waals surface area contributed by atoms with Crippen LogP contribution in [0.5, 0.6) is 5.75 Å². The molecule has 0 aliphatic heterocycles. The summed E-state index contributed by atoms with van der Waals surface area (Å²) in [4.78, 5) is 0. The minimum atomic E-state index is -2.56. The molecule has 0 amide bonds. The van der Waals surface area contributed by atoms with Gasteiger partial charge in [-0.15, -0.1) is 0 Å². The normalized spacial score (nSPS) is 13.9. The Labute approximate surface area is 182 Å². The molecule has 0 spiro atoms. The molecule has 26 heavy (non-hydrogen) atoms. The summed E-state index contributed by atoms with van der Waals surface area (Å²) in [6.07, 6.45) is 0. The summed E-state index contributed by atoms with van der Waals surface area (Å²) in [6, 6.07) is 4.86. The van der Waals surface area contributed by atoms with Crippen molar-refractivity contribution in [2.45, 2.75) is 108 Å². The van der Waals surface area contributed by atoms with Gasteiger partial charge in [-0.1, -0.05) is 0 Å². The maximum absolute atomic E-state index is 7.22. The van der Waals surface area contributed by atoms with Gasteiger partial charge in [-0.2, -0.15) is 0 Å². The van der Waals surface area contributed by atoms with Crippen molar-refractivity contribution in [2.24, 2.45) is 0 Å². The van der Waals surface area contributed by atoms with Crippen molar-refractivity contribution in [1.29, 1.82) is 0 Å². The number of benzene rings is 1. The topological polar surface area (TPSA) is 9.23 Å². The predicted molar refractivity (Wildman–Crippen MR) is 115 cm³/mol. The molecule has 1 nitrogen and oxygen atoms in total. The Hall–Kier alpha value is 0.498.